The fourth-order valence-electron chi connectivity index (χ4n) is 2.94. The van der Waals surface area contributed by atoms with Gasteiger partial charge in [0.25, 0.3) is 0 Å². The Morgan fingerprint density at radius 1 is 1.23 bits per heavy atom. The molecule has 4 rings (SSSR count). The second-order valence-electron chi connectivity index (χ2n) is 5.97. The average molecular weight is 370 g/mol. The molecular weight excluding hydrogens is 355 g/mol. The quantitative estimate of drug-likeness (QED) is 0.742. The number of thiazole rings is 1. The molecule has 3 aromatic rings. The third-order valence-corrected chi connectivity index (χ3v) is 5.05. The molecule has 6 nitrogen and oxygen atoms in total. The van der Waals surface area contributed by atoms with Gasteiger partial charge in [0.05, 0.1) is 16.3 Å². The second-order valence-corrected chi connectivity index (χ2v) is 7.00. The van der Waals surface area contributed by atoms with E-state index in [-0.39, 0.29) is 18.4 Å². The number of para-hydroxylation sites is 1. The van der Waals surface area contributed by atoms with Gasteiger partial charge in [-0.2, -0.15) is 0 Å². The van der Waals surface area contributed by atoms with E-state index in [1.54, 1.807) is 12.1 Å². The van der Waals surface area contributed by atoms with Gasteiger partial charge in [-0.3, -0.25) is 10.1 Å². The number of urea groups is 1. The lowest BCUT2D eigenvalue weighted by molar-refractivity contribution is -0.117. The van der Waals surface area contributed by atoms with Crippen LogP contribution in [0.2, 0.25) is 0 Å². The van der Waals surface area contributed by atoms with E-state index in [2.05, 4.69) is 15.6 Å². The predicted octanol–water partition coefficient (Wildman–Crippen LogP) is 3.36. The normalized spacial score (nSPS) is 16.9. The van der Waals surface area contributed by atoms with Crippen LogP contribution in [0.1, 0.15) is 6.42 Å². The Hall–Kier alpha value is -3.00. The van der Waals surface area contributed by atoms with Crippen LogP contribution in [0, 0.1) is 5.82 Å². The fraction of sp³-hybridized carbons (Fsp3) is 0.167. The van der Waals surface area contributed by atoms with Crippen molar-refractivity contribution in [1.29, 1.82) is 0 Å². The van der Waals surface area contributed by atoms with Crippen molar-refractivity contribution >= 4 is 44.3 Å². The lowest BCUT2D eigenvalue weighted by Gasteiger charge is -2.17. The van der Waals surface area contributed by atoms with Gasteiger partial charge in [-0.15, -0.1) is 0 Å². The van der Waals surface area contributed by atoms with Crippen LogP contribution >= 0.6 is 11.3 Å². The lowest BCUT2D eigenvalue weighted by atomic mass is 10.2. The first kappa shape index (κ1) is 16.5. The van der Waals surface area contributed by atoms with Gasteiger partial charge >= 0.3 is 6.03 Å². The zero-order valence-electron chi connectivity index (χ0n) is 13.6. The van der Waals surface area contributed by atoms with E-state index in [0.717, 1.165) is 10.2 Å². The first-order chi connectivity index (χ1) is 12.6. The molecule has 132 valence electrons. The Balaban J connectivity index is 1.39. The summed E-state index contributed by atoms with van der Waals surface area (Å²) in [7, 11) is 0. The number of carbonyl (C=O) groups excluding carboxylic acids is 2. The Labute approximate surface area is 152 Å². The van der Waals surface area contributed by atoms with Crippen molar-refractivity contribution in [2.45, 2.75) is 12.5 Å². The topological polar surface area (TPSA) is 74.3 Å². The van der Waals surface area contributed by atoms with Gasteiger partial charge in [0.15, 0.2) is 5.13 Å². The lowest BCUT2D eigenvalue weighted by Crippen LogP contribution is -2.39. The molecule has 1 atom stereocenters. The summed E-state index contributed by atoms with van der Waals surface area (Å²) in [5.41, 5.74) is 1.31. The minimum atomic E-state index is -0.414. The smallest absolute Gasteiger partial charge is 0.321 e. The predicted molar refractivity (Wildman–Crippen MR) is 98.9 cm³/mol. The SMILES string of the molecule is O=C(Nc1nc2ccccc2s1)NC1CC(=O)N(c2cccc(F)c2)C1. The molecule has 0 bridgehead atoms. The van der Waals surface area contributed by atoms with Gasteiger partial charge in [0.2, 0.25) is 5.91 Å². The number of benzene rings is 2. The van der Waals surface area contributed by atoms with Crippen LogP contribution in [0.4, 0.5) is 20.0 Å². The number of rotatable bonds is 3. The van der Waals surface area contributed by atoms with Gasteiger partial charge in [0.1, 0.15) is 5.82 Å². The van der Waals surface area contributed by atoms with Crippen LogP contribution in [0.15, 0.2) is 48.5 Å². The number of nitrogens with zero attached hydrogens (tertiary/aromatic N) is 2. The Bertz CT molecular complexity index is 957. The number of anilines is 2. The maximum Gasteiger partial charge on any atom is 0.321 e. The summed E-state index contributed by atoms with van der Waals surface area (Å²) in [6.07, 6.45) is 0.170. The van der Waals surface area contributed by atoms with Crippen molar-refractivity contribution in [2.75, 3.05) is 16.8 Å². The highest BCUT2D eigenvalue weighted by Gasteiger charge is 2.31. The minimum Gasteiger partial charge on any atom is -0.333 e. The molecule has 0 radical (unpaired) electrons. The highest BCUT2D eigenvalue weighted by atomic mass is 32.1. The van der Waals surface area contributed by atoms with Crippen molar-refractivity contribution in [3.63, 3.8) is 0 Å². The molecule has 0 saturated carbocycles. The maximum absolute atomic E-state index is 13.4. The number of halogens is 1. The molecular formula is C18H15FN4O2S. The highest BCUT2D eigenvalue weighted by Crippen LogP contribution is 2.26. The summed E-state index contributed by atoms with van der Waals surface area (Å²) in [4.78, 5) is 30.2. The minimum absolute atomic E-state index is 0.152. The van der Waals surface area contributed by atoms with Crippen LogP contribution in [-0.4, -0.2) is 29.5 Å². The van der Waals surface area contributed by atoms with Crippen LogP contribution in [0.25, 0.3) is 10.2 Å². The molecule has 0 aliphatic carbocycles. The number of amides is 3. The van der Waals surface area contributed by atoms with Crippen LogP contribution in [0.3, 0.4) is 0 Å². The molecule has 1 saturated heterocycles. The van der Waals surface area contributed by atoms with E-state index in [0.29, 0.717) is 17.4 Å². The van der Waals surface area contributed by atoms with Crippen molar-refractivity contribution in [3.05, 3.63) is 54.3 Å². The Morgan fingerprint density at radius 3 is 2.88 bits per heavy atom. The molecule has 26 heavy (non-hydrogen) atoms. The van der Waals surface area contributed by atoms with Crippen molar-refractivity contribution < 1.29 is 14.0 Å². The van der Waals surface area contributed by atoms with E-state index < -0.39 is 11.8 Å². The molecule has 2 aromatic carbocycles. The van der Waals surface area contributed by atoms with Gasteiger partial charge in [-0.05, 0) is 30.3 Å². The molecule has 1 aliphatic rings. The van der Waals surface area contributed by atoms with E-state index in [1.807, 2.05) is 24.3 Å². The molecule has 0 spiro atoms. The third-order valence-electron chi connectivity index (χ3n) is 4.09. The van der Waals surface area contributed by atoms with Crippen LogP contribution in [-0.2, 0) is 4.79 Å². The number of carbonyl (C=O) groups is 2. The average Bonchev–Trinajstić information content (AvgIpc) is 3.17. The van der Waals surface area contributed by atoms with E-state index in [4.69, 9.17) is 0 Å². The second kappa shape index (κ2) is 6.72. The molecule has 1 aliphatic heterocycles. The molecule has 2 N–H and O–H groups in total. The number of hydrogen-bond acceptors (Lipinski definition) is 4. The molecule has 2 heterocycles. The summed E-state index contributed by atoms with van der Waals surface area (Å²) < 4.78 is 14.3. The molecule has 3 amide bonds. The summed E-state index contributed by atoms with van der Waals surface area (Å²) in [5.74, 6) is -0.554. The van der Waals surface area contributed by atoms with Crippen molar-refractivity contribution in [3.8, 4) is 0 Å². The van der Waals surface area contributed by atoms with E-state index in [9.17, 15) is 14.0 Å². The highest BCUT2D eigenvalue weighted by molar-refractivity contribution is 7.22. The van der Waals surface area contributed by atoms with E-state index in [1.165, 1.54) is 28.4 Å². The Kier molecular flexibility index (Phi) is 4.26. The van der Waals surface area contributed by atoms with Crippen LogP contribution in [0.5, 0.6) is 0 Å². The van der Waals surface area contributed by atoms with Gasteiger partial charge < -0.3 is 10.2 Å². The number of nitrogens with one attached hydrogen (secondary N) is 2. The molecule has 8 heteroatoms. The standard InChI is InChI=1S/C18H15FN4O2S/c19-11-4-3-5-13(8-11)23-10-12(9-16(23)24)20-17(25)22-18-21-14-6-1-2-7-15(14)26-18/h1-8,12H,9-10H2,(H2,20,21,22,25). The summed E-state index contributed by atoms with van der Waals surface area (Å²) in [6, 6.07) is 12.7. The maximum atomic E-state index is 13.4. The van der Waals surface area contributed by atoms with Gasteiger partial charge in [0, 0.05) is 18.7 Å². The first-order valence-electron chi connectivity index (χ1n) is 8.07. The van der Waals surface area contributed by atoms with Crippen molar-refractivity contribution in [1.82, 2.24) is 10.3 Å². The fourth-order valence-corrected chi connectivity index (χ4v) is 3.80. The molecule has 1 aromatic heterocycles. The third kappa shape index (κ3) is 3.36. The van der Waals surface area contributed by atoms with Gasteiger partial charge in [-0.25, -0.2) is 14.2 Å². The number of aromatic nitrogens is 1. The number of fused-ring (bicyclic) bond motifs is 1. The Morgan fingerprint density at radius 2 is 2.08 bits per heavy atom. The monoisotopic (exact) mass is 370 g/mol. The largest absolute Gasteiger partial charge is 0.333 e. The number of hydrogen-bond donors (Lipinski definition) is 2. The molecule has 1 unspecified atom stereocenters. The summed E-state index contributed by atoms with van der Waals surface area (Å²) >= 11 is 1.38. The van der Waals surface area contributed by atoms with Crippen molar-refractivity contribution in [2.24, 2.45) is 0 Å². The van der Waals surface area contributed by atoms with Gasteiger partial charge in [-0.1, -0.05) is 29.5 Å². The van der Waals surface area contributed by atoms with E-state index >= 15 is 0 Å². The first-order valence-corrected chi connectivity index (χ1v) is 8.89. The summed E-state index contributed by atoms with van der Waals surface area (Å²) in [6.45, 7) is 0.301. The van der Waals surface area contributed by atoms with Crippen LogP contribution < -0.4 is 15.5 Å². The zero-order chi connectivity index (χ0) is 18.1. The molecule has 1 fully saturated rings. The zero-order valence-corrected chi connectivity index (χ0v) is 14.4. The summed E-state index contributed by atoms with van der Waals surface area (Å²) in [5, 5.41) is 5.98.